The van der Waals surface area contributed by atoms with Crippen molar-refractivity contribution in [3.05, 3.63) is 64.7 Å². The Hall–Kier alpha value is -2.33. The lowest BCUT2D eigenvalue weighted by atomic mass is 10.2. The number of ether oxygens (including phenoxy) is 1. The average molecular weight is 303 g/mol. The zero-order valence-corrected chi connectivity index (χ0v) is 12.3. The highest BCUT2D eigenvalue weighted by Gasteiger charge is 2.03. The maximum absolute atomic E-state index is 11.6. The molecule has 0 fully saturated rings. The van der Waals surface area contributed by atoms with E-state index in [1.54, 1.807) is 30.5 Å². The number of amides is 1. The van der Waals surface area contributed by atoms with Crippen molar-refractivity contribution < 1.29 is 9.53 Å². The zero-order chi connectivity index (χ0) is 15.1. The fourth-order valence-corrected chi connectivity index (χ4v) is 1.86. The van der Waals surface area contributed by atoms with E-state index >= 15 is 0 Å². The predicted molar refractivity (Wildman–Crippen MR) is 83.9 cm³/mol. The Balaban J connectivity index is 1.81. The van der Waals surface area contributed by atoms with Crippen molar-refractivity contribution in [3.63, 3.8) is 0 Å². The molecule has 21 heavy (non-hydrogen) atoms. The molecule has 4 nitrogen and oxygen atoms in total. The molecule has 1 amide bonds. The number of nitrogens with one attached hydrogen (secondary N) is 1. The average Bonchev–Trinajstić information content (AvgIpc) is 2.46. The van der Waals surface area contributed by atoms with E-state index < -0.39 is 0 Å². The Morgan fingerprint density at radius 3 is 2.86 bits per heavy atom. The quantitative estimate of drug-likeness (QED) is 0.681. The van der Waals surface area contributed by atoms with Gasteiger partial charge in [-0.15, -0.1) is 0 Å². The molecule has 0 aliphatic heterocycles. The molecule has 0 atom stereocenters. The number of hydrogen-bond donors (Lipinski definition) is 1. The summed E-state index contributed by atoms with van der Waals surface area (Å²) in [6.07, 6.45) is 1.58. The van der Waals surface area contributed by atoms with Crippen LogP contribution in [0.15, 0.2) is 53.6 Å². The van der Waals surface area contributed by atoms with Crippen molar-refractivity contribution in [1.82, 2.24) is 5.43 Å². The summed E-state index contributed by atoms with van der Waals surface area (Å²) in [7, 11) is 0. The fourth-order valence-electron chi connectivity index (χ4n) is 1.67. The van der Waals surface area contributed by atoms with E-state index in [9.17, 15) is 4.79 Å². The van der Waals surface area contributed by atoms with Crippen LogP contribution < -0.4 is 10.2 Å². The van der Waals surface area contributed by atoms with Gasteiger partial charge in [0.05, 0.1) is 11.2 Å². The molecule has 0 aliphatic rings. The van der Waals surface area contributed by atoms with E-state index in [2.05, 4.69) is 10.5 Å². The van der Waals surface area contributed by atoms with Crippen LogP contribution in [0.4, 0.5) is 0 Å². The van der Waals surface area contributed by atoms with Gasteiger partial charge in [-0.2, -0.15) is 5.10 Å². The summed E-state index contributed by atoms with van der Waals surface area (Å²) in [6.45, 7) is 1.85. The summed E-state index contributed by atoms with van der Waals surface area (Å²) in [4.78, 5) is 11.6. The van der Waals surface area contributed by atoms with Crippen LogP contribution in [-0.4, -0.2) is 18.7 Å². The Bertz CT molecular complexity index is 656. The SMILES string of the molecule is Cc1cccc(C=NNC(=O)COc2ccccc2Cl)c1. The number of hydrogen-bond acceptors (Lipinski definition) is 3. The Labute approximate surface area is 128 Å². The van der Waals surface area contributed by atoms with E-state index in [1.165, 1.54) is 0 Å². The summed E-state index contributed by atoms with van der Waals surface area (Å²) >= 11 is 5.92. The van der Waals surface area contributed by atoms with Crippen molar-refractivity contribution in [3.8, 4) is 5.75 Å². The number of nitrogens with zero attached hydrogens (tertiary/aromatic N) is 1. The van der Waals surface area contributed by atoms with Crippen molar-refractivity contribution in [2.24, 2.45) is 5.10 Å². The van der Waals surface area contributed by atoms with Crippen LogP contribution in [0, 0.1) is 6.92 Å². The van der Waals surface area contributed by atoms with Gasteiger partial charge in [0.2, 0.25) is 0 Å². The summed E-state index contributed by atoms with van der Waals surface area (Å²) in [5, 5.41) is 4.35. The molecule has 0 heterocycles. The number of rotatable bonds is 5. The van der Waals surface area contributed by atoms with Gasteiger partial charge in [0, 0.05) is 0 Å². The largest absolute Gasteiger partial charge is 0.482 e. The lowest BCUT2D eigenvalue weighted by molar-refractivity contribution is -0.123. The van der Waals surface area contributed by atoms with Crippen molar-refractivity contribution >= 4 is 23.7 Å². The summed E-state index contributed by atoms with van der Waals surface area (Å²) in [5.74, 6) is 0.121. The number of halogens is 1. The number of benzene rings is 2. The molecule has 0 saturated carbocycles. The molecule has 2 aromatic rings. The standard InChI is InChI=1S/C16H15ClN2O2/c1-12-5-4-6-13(9-12)10-18-19-16(20)11-21-15-8-3-2-7-14(15)17/h2-10H,11H2,1H3,(H,19,20). The van der Waals surface area contributed by atoms with Crippen LogP contribution in [0.5, 0.6) is 5.75 Å². The van der Waals surface area contributed by atoms with Gasteiger partial charge in [-0.3, -0.25) is 4.79 Å². The van der Waals surface area contributed by atoms with Crippen molar-refractivity contribution in [1.29, 1.82) is 0 Å². The van der Waals surface area contributed by atoms with Crippen LogP contribution in [-0.2, 0) is 4.79 Å². The first-order chi connectivity index (χ1) is 10.1. The van der Waals surface area contributed by atoms with E-state index in [-0.39, 0.29) is 12.5 Å². The van der Waals surface area contributed by atoms with Crippen LogP contribution >= 0.6 is 11.6 Å². The predicted octanol–water partition coefficient (Wildman–Crippen LogP) is 3.18. The number of aryl methyl sites for hydroxylation is 1. The summed E-state index contributed by atoms with van der Waals surface area (Å²) in [5.41, 5.74) is 4.45. The van der Waals surface area contributed by atoms with Gasteiger partial charge in [0.1, 0.15) is 5.75 Å². The summed E-state index contributed by atoms with van der Waals surface area (Å²) in [6, 6.07) is 14.8. The Kier molecular flexibility index (Phi) is 5.35. The number of carbonyl (C=O) groups excluding carboxylic acids is 1. The third kappa shape index (κ3) is 4.93. The first-order valence-corrected chi connectivity index (χ1v) is 6.79. The molecular formula is C16H15ClN2O2. The van der Waals surface area contributed by atoms with Gasteiger partial charge in [0.25, 0.3) is 5.91 Å². The fraction of sp³-hybridized carbons (Fsp3) is 0.125. The monoisotopic (exact) mass is 302 g/mol. The lowest BCUT2D eigenvalue weighted by Gasteiger charge is -2.06. The number of carbonyl (C=O) groups is 1. The van der Waals surface area contributed by atoms with Crippen molar-refractivity contribution in [2.45, 2.75) is 6.92 Å². The third-order valence-corrected chi connectivity index (χ3v) is 2.95. The second-order valence-corrected chi connectivity index (χ2v) is 4.83. The highest BCUT2D eigenvalue weighted by atomic mass is 35.5. The maximum atomic E-state index is 11.6. The second-order valence-electron chi connectivity index (χ2n) is 4.43. The molecule has 2 rings (SSSR count). The highest BCUT2D eigenvalue weighted by molar-refractivity contribution is 6.32. The molecule has 0 radical (unpaired) electrons. The Morgan fingerprint density at radius 2 is 2.10 bits per heavy atom. The molecule has 5 heteroatoms. The molecule has 0 bridgehead atoms. The van der Waals surface area contributed by atoms with Gasteiger partial charge in [0.15, 0.2) is 6.61 Å². The molecule has 0 aliphatic carbocycles. The molecule has 0 saturated heterocycles. The number of para-hydroxylation sites is 1. The van der Waals surface area contributed by atoms with Gasteiger partial charge in [-0.25, -0.2) is 5.43 Å². The molecule has 1 N–H and O–H groups in total. The van der Waals surface area contributed by atoms with Crippen LogP contribution in [0.2, 0.25) is 5.02 Å². The molecule has 2 aromatic carbocycles. The minimum absolute atomic E-state index is 0.144. The molecular weight excluding hydrogens is 288 g/mol. The van der Waals surface area contributed by atoms with Crippen LogP contribution in [0.1, 0.15) is 11.1 Å². The minimum Gasteiger partial charge on any atom is -0.482 e. The smallest absolute Gasteiger partial charge is 0.277 e. The molecule has 0 unspecified atom stereocenters. The minimum atomic E-state index is -0.348. The zero-order valence-electron chi connectivity index (χ0n) is 11.5. The second kappa shape index (κ2) is 7.45. The lowest BCUT2D eigenvalue weighted by Crippen LogP contribution is -2.24. The third-order valence-electron chi connectivity index (χ3n) is 2.64. The molecule has 0 spiro atoms. The van der Waals surface area contributed by atoms with Crippen LogP contribution in [0.25, 0.3) is 0 Å². The highest BCUT2D eigenvalue weighted by Crippen LogP contribution is 2.22. The number of hydrazone groups is 1. The van der Waals surface area contributed by atoms with E-state index in [1.807, 2.05) is 31.2 Å². The van der Waals surface area contributed by atoms with E-state index in [4.69, 9.17) is 16.3 Å². The maximum Gasteiger partial charge on any atom is 0.277 e. The van der Waals surface area contributed by atoms with E-state index in [0.29, 0.717) is 10.8 Å². The van der Waals surface area contributed by atoms with Gasteiger partial charge in [-0.05, 0) is 24.6 Å². The topological polar surface area (TPSA) is 50.7 Å². The Morgan fingerprint density at radius 1 is 1.29 bits per heavy atom. The van der Waals surface area contributed by atoms with Gasteiger partial charge < -0.3 is 4.74 Å². The normalized spacial score (nSPS) is 10.6. The van der Waals surface area contributed by atoms with Crippen LogP contribution in [0.3, 0.4) is 0 Å². The molecule has 0 aromatic heterocycles. The van der Waals surface area contributed by atoms with Gasteiger partial charge >= 0.3 is 0 Å². The molecule has 108 valence electrons. The summed E-state index contributed by atoms with van der Waals surface area (Å²) < 4.78 is 5.30. The van der Waals surface area contributed by atoms with Crippen molar-refractivity contribution in [2.75, 3.05) is 6.61 Å². The first kappa shape index (κ1) is 15.1. The van der Waals surface area contributed by atoms with Gasteiger partial charge in [-0.1, -0.05) is 53.6 Å². The van der Waals surface area contributed by atoms with E-state index in [0.717, 1.165) is 11.1 Å². The first-order valence-electron chi connectivity index (χ1n) is 6.41.